The van der Waals surface area contributed by atoms with Gasteiger partial charge in [-0.25, -0.2) is 22.2 Å². The van der Waals surface area contributed by atoms with Gasteiger partial charge in [0.15, 0.2) is 6.73 Å². The van der Waals surface area contributed by atoms with Crippen molar-refractivity contribution in [1.29, 1.82) is 0 Å². The van der Waals surface area contributed by atoms with Crippen LogP contribution < -0.4 is 10.1 Å². The molecule has 0 aliphatic carbocycles. The molecule has 30 heavy (non-hydrogen) atoms. The molecule has 3 aromatic rings. The largest absolute Gasteiger partial charge is 0.471 e. The minimum atomic E-state index is -3.04. The van der Waals surface area contributed by atoms with Crippen LogP contribution in [-0.2, 0) is 24.5 Å². The molecule has 0 spiro atoms. The van der Waals surface area contributed by atoms with Gasteiger partial charge in [0, 0.05) is 0 Å². The quantitative estimate of drug-likeness (QED) is 0.522. The number of hydrogen-bond acceptors (Lipinski definition) is 4. The van der Waals surface area contributed by atoms with E-state index in [9.17, 15) is 22.4 Å². The van der Waals surface area contributed by atoms with E-state index in [2.05, 4.69) is 15.5 Å². The molecule has 0 radical (unpaired) electrons. The van der Waals surface area contributed by atoms with Crippen LogP contribution in [0.25, 0.3) is 0 Å². The Hall–Kier alpha value is -3.37. The van der Waals surface area contributed by atoms with E-state index in [1.54, 1.807) is 0 Å². The number of nitrogens with zero attached hydrogens (tertiary/aromatic N) is 4. The third-order valence-corrected chi connectivity index (χ3v) is 4.18. The van der Waals surface area contributed by atoms with Crippen LogP contribution in [0.5, 0.6) is 5.75 Å². The Bertz CT molecular complexity index is 985. The summed E-state index contributed by atoms with van der Waals surface area (Å²) >= 11 is 0. The van der Waals surface area contributed by atoms with Crippen molar-refractivity contribution in [2.45, 2.75) is 39.5 Å². The van der Waals surface area contributed by atoms with E-state index < -0.39 is 36.7 Å². The van der Waals surface area contributed by atoms with E-state index in [4.69, 9.17) is 4.74 Å². The molecule has 0 unspecified atom stereocenters. The van der Waals surface area contributed by atoms with Crippen LogP contribution in [0.3, 0.4) is 0 Å². The normalized spacial score (nSPS) is 11.3. The second kappa shape index (κ2) is 9.42. The van der Waals surface area contributed by atoms with Gasteiger partial charge >= 0.3 is 0 Å². The molecule has 0 aliphatic rings. The average Bonchev–Trinajstić information content (AvgIpc) is 3.34. The molecule has 0 bridgehead atoms. The van der Waals surface area contributed by atoms with E-state index in [1.807, 2.05) is 31.2 Å². The number of carbonyl (C=O) groups is 1. The van der Waals surface area contributed by atoms with Crippen LogP contribution in [0.4, 0.5) is 23.2 Å². The summed E-state index contributed by atoms with van der Waals surface area (Å²) in [5.74, 6) is -0.0576. The van der Waals surface area contributed by atoms with Gasteiger partial charge < -0.3 is 10.1 Å². The zero-order valence-electron chi connectivity index (χ0n) is 15.9. The van der Waals surface area contributed by atoms with Gasteiger partial charge in [-0.05, 0) is 30.2 Å². The fraction of sp³-hybridized carbons (Fsp3) is 0.316. The predicted molar refractivity (Wildman–Crippen MR) is 99.4 cm³/mol. The summed E-state index contributed by atoms with van der Waals surface area (Å²) in [6.07, 6.45) is -2.29. The average molecular weight is 425 g/mol. The molecular weight excluding hydrogens is 406 g/mol. The van der Waals surface area contributed by atoms with Crippen molar-refractivity contribution in [1.82, 2.24) is 19.6 Å². The zero-order valence-corrected chi connectivity index (χ0v) is 15.9. The van der Waals surface area contributed by atoms with Crippen molar-refractivity contribution < 1.29 is 27.1 Å². The Labute approximate surface area is 169 Å². The van der Waals surface area contributed by atoms with Gasteiger partial charge in [-0.15, -0.1) is 0 Å². The Kier molecular flexibility index (Phi) is 6.70. The standard InChI is InChI=1S/C19H19F4N5O2/c1-2-12-3-5-14(6-4-12)30-11-27-9-13(8-24-27)25-17(29)10-28-16(19(22)23)7-15(26-28)18(20)21/h3-9,18-19H,2,10-11H2,1H3,(H,25,29). The third-order valence-electron chi connectivity index (χ3n) is 4.18. The van der Waals surface area contributed by atoms with E-state index in [-0.39, 0.29) is 6.73 Å². The van der Waals surface area contributed by atoms with Gasteiger partial charge in [0.25, 0.3) is 12.9 Å². The maximum Gasteiger partial charge on any atom is 0.282 e. The molecule has 0 atom stereocenters. The first-order chi connectivity index (χ1) is 14.4. The van der Waals surface area contributed by atoms with Crippen LogP contribution in [0.15, 0.2) is 42.7 Å². The van der Waals surface area contributed by atoms with Gasteiger partial charge in [0.2, 0.25) is 5.91 Å². The number of aromatic nitrogens is 4. The Morgan fingerprint density at radius 2 is 1.90 bits per heavy atom. The second-order valence-corrected chi connectivity index (χ2v) is 6.34. The molecule has 3 rings (SSSR count). The molecule has 0 saturated carbocycles. The smallest absolute Gasteiger partial charge is 0.282 e. The first kappa shape index (κ1) is 21.3. The lowest BCUT2D eigenvalue weighted by atomic mass is 10.2. The SMILES string of the molecule is CCc1ccc(OCn2cc(NC(=O)Cn3nc(C(F)F)cc3C(F)F)cn2)cc1. The Balaban J connectivity index is 1.57. The van der Waals surface area contributed by atoms with Crippen molar-refractivity contribution in [2.24, 2.45) is 0 Å². The third kappa shape index (κ3) is 5.37. The topological polar surface area (TPSA) is 74.0 Å². The number of ether oxygens (including phenoxy) is 1. The lowest BCUT2D eigenvalue weighted by molar-refractivity contribution is -0.117. The number of alkyl halides is 4. The minimum absolute atomic E-state index is 0.0910. The molecule has 0 aliphatic heterocycles. The molecule has 0 saturated heterocycles. The van der Waals surface area contributed by atoms with Crippen LogP contribution in [-0.4, -0.2) is 25.5 Å². The van der Waals surface area contributed by atoms with Gasteiger partial charge in [-0.1, -0.05) is 19.1 Å². The fourth-order valence-electron chi connectivity index (χ4n) is 2.66. The number of hydrogen-bond donors (Lipinski definition) is 1. The Morgan fingerprint density at radius 3 is 2.53 bits per heavy atom. The zero-order chi connectivity index (χ0) is 21.7. The number of amides is 1. The van der Waals surface area contributed by atoms with Gasteiger partial charge in [-0.3, -0.25) is 9.48 Å². The maximum atomic E-state index is 13.0. The predicted octanol–water partition coefficient (Wildman–Crippen LogP) is 4.19. The number of carbonyl (C=O) groups excluding carboxylic acids is 1. The summed E-state index contributed by atoms with van der Waals surface area (Å²) in [6.45, 7) is 1.50. The summed E-state index contributed by atoms with van der Waals surface area (Å²) in [4.78, 5) is 12.1. The first-order valence-electron chi connectivity index (χ1n) is 9.03. The number of aryl methyl sites for hydroxylation is 1. The van der Waals surface area contributed by atoms with E-state index in [0.29, 0.717) is 22.2 Å². The highest BCUT2D eigenvalue weighted by Crippen LogP contribution is 2.25. The highest BCUT2D eigenvalue weighted by Gasteiger charge is 2.22. The van der Waals surface area contributed by atoms with E-state index in [1.165, 1.54) is 22.6 Å². The summed E-state index contributed by atoms with van der Waals surface area (Å²) in [6, 6.07) is 8.16. The number of halogens is 4. The molecule has 0 fully saturated rings. The van der Waals surface area contributed by atoms with Crippen molar-refractivity contribution in [3.8, 4) is 5.75 Å². The molecule has 1 amide bonds. The monoisotopic (exact) mass is 425 g/mol. The van der Waals surface area contributed by atoms with E-state index >= 15 is 0 Å². The van der Waals surface area contributed by atoms with Crippen molar-refractivity contribution in [2.75, 3.05) is 5.32 Å². The highest BCUT2D eigenvalue weighted by atomic mass is 19.3. The molecule has 2 heterocycles. The van der Waals surface area contributed by atoms with Crippen LogP contribution >= 0.6 is 0 Å². The molecule has 160 valence electrons. The maximum absolute atomic E-state index is 13.0. The van der Waals surface area contributed by atoms with Crippen molar-refractivity contribution >= 4 is 11.6 Å². The molecule has 2 aromatic heterocycles. The lowest BCUT2D eigenvalue weighted by Crippen LogP contribution is -2.21. The Morgan fingerprint density at radius 1 is 1.17 bits per heavy atom. The van der Waals surface area contributed by atoms with Gasteiger partial charge in [-0.2, -0.15) is 10.2 Å². The van der Waals surface area contributed by atoms with E-state index in [0.717, 1.165) is 6.42 Å². The lowest BCUT2D eigenvalue weighted by Gasteiger charge is -2.07. The number of rotatable bonds is 9. The van der Waals surface area contributed by atoms with Gasteiger partial charge in [0.05, 0.1) is 18.1 Å². The highest BCUT2D eigenvalue weighted by molar-refractivity contribution is 5.90. The van der Waals surface area contributed by atoms with Gasteiger partial charge in [0.1, 0.15) is 23.7 Å². The molecule has 11 heteroatoms. The first-order valence-corrected chi connectivity index (χ1v) is 9.03. The second-order valence-electron chi connectivity index (χ2n) is 6.34. The fourth-order valence-corrected chi connectivity index (χ4v) is 2.66. The summed E-state index contributed by atoms with van der Waals surface area (Å²) in [5.41, 5.74) is -0.0854. The minimum Gasteiger partial charge on any atom is -0.471 e. The van der Waals surface area contributed by atoms with Crippen LogP contribution in [0.1, 0.15) is 36.7 Å². The van der Waals surface area contributed by atoms with Crippen LogP contribution in [0.2, 0.25) is 0 Å². The molecule has 7 nitrogen and oxygen atoms in total. The molecular formula is C19H19F4N5O2. The number of benzene rings is 1. The summed E-state index contributed by atoms with van der Waals surface area (Å²) in [5, 5.41) is 9.87. The number of nitrogens with one attached hydrogen (secondary N) is 1. The molecule has 1 N–H and O–H groups in total. The number of anilines is 1. The summed E-state index contributed by atoms with van der Waals surface area (Å²) in [7, 11) is 0. The van der Waals surface area contributed by atoms with Crippen molar-refractivity contribution in [3.05, 3.63) is 59.7 Å². The molecule has 1 aromatic carbocycles. The summed E-state index contributed by atoms with van der Waals surface area (Å²) < 4.78 is 59.0. The van der Waals surface area contributed by atoms with Crippen LogP contribution in [0, 0.1) is 0 Å². The van der Waals surface area contributed by atoms with Crippen molar-refractivity contribution in [3.63, 3.8) is 0 Å².